The Labute approximate surface area is 104 Å². The number of thiophene rings is 1. The van der Waals surface area contributed by atoms with E-state index in [1.807, 2.05) is 6.07 Å². The van der Waals surface area contributed by atoms with Crippen molar-refractivity contribution in [1.29, 1.82) is 0 Å². The van der Waals surface area contributed by atoms with Gasteiger partial charge in [0.05, 0.1) is 0 Å². The van der Waals surface area contributed by atoms with E-state index < -0.39 is 0 Å². The Morgan fingerprint density at radius 3 is 2.47 bits per heavy atom. The molecule has 0 unspecified atom stereocenters. The number of carbonyl (C=O) groups is 2. The van der Waals surface area contributed by atoms with Crippen LogP contribution in [0.5, 0.6) is 0 Å². The smallest absolute Gasteiger partial charge is 0.227 e. The van der Waals surface area contributed by atoms with Gasteiger partial charge in [-0.2, -0.15) is 0 Å². The van der Waals surface area contributed by atoms with Crippen LogP contribution in [0.25, 0.3) is 0 Å². The first-order chi connectivity index (χ1) is 7.06. The fraction of sp³-hybridized carbons (Fsp3) is 0.333. The molecule has 0 atom stereocenters. The minimum absolute atomic E-state index is 0.0277. The van der Waals surface area contributed by atoms with Gasteiger partial charge in [0, 0.05) is 28.1 Å². The zero-order valence-corrected chi connectivity index (χ0v) is 10.7. The number of halogens is 2. The topological polar surface area (TPSA) is 46.2 Å². The van der Waals surface area contributed by atoms with Crippen LogP contribution in [0.4, 0.5) is 0 Å². The predicted molar refractivity (Wildman–Crippen MR) is 62.2 cm³/mol. The Morgan fingerprint density at radius 1 is 1.40 bits per heavy atom. The summed E-state index contributed by atoms with van der Waals surface area (Å²) in [5, 5.41) is 2.28. The molecule has 1 fully saturated rings. The van der Waals surface area contributed by atoms with Crippen molar-refractivity contribution in [2.45, 2.75) is 18.8 Å². The van der Waals surface area contributed by atoms with Crippen molar-refractivity contribution in [2.24, 2.45) is 0 Å². The molecule has 1 aliphatic heterocycles. The molecule has 0 saturated carbocycles. The SMILES string of the molecule is O=C1CC(c2cc(Br)c(Cl)s2)CC(=O)N1. The molecule has 2 heterocycles. The standard InChI is InChI=1S/C9H7BrClNO2S/c10-5-3-6(15-9(5)11)4-1-7(13)12-8(14)2-4/h3-4H,1-2H2,(H,12,13,14). The minimum atomic E-state index is -0.211. The Kier molecular flexibility index (Phi) is 3.13. The molecule has 0 aliphatic carbocycles. The molecular weight excluding hydrogens is 302 g/mol. The molecule has 1 aromatic heterocycles. The third-order valence-electron chi connectivity index (χ3n) is 2.21. The summed E-state index contributed by atoms with van der Waals surface area (Å²) in [5.74, 6) is -0.450. The van der Waals surface area contributed by atoms with Crippen LogP contribution < -0.4 is 5.32 Å². The second-order valence-electron chi connectivity index (χ2n) is 3.35. The van der Waals surface area contributed by atoms with Gasteiger partial charge in [0.25, 0.3) is 0 Å². The van der Waals surface area contributed by atoms with E-state index in [9.17, 15) is 9.59 Å². The first kappa shape index (κ1) is 11.1. The van der Waals surface area contributed by atoms with Crippen molar-refractivity contribution in [1.82, 2.24) is 5.32 Å². The normalized spacial score (nSPS) is 18.0. The lowest BCUT2D eigenvalue weighted by molar-refractivity contribution is -0.133. The van der Waals surface area contributed by atoms with E-state index in [-0.39, 0.29) is 17.7 Å². The lowest BCUT2D eigenvalue weighted by atomic mass is 9.95. The zero-order chi connectivity index (χ0) is 11.0. The number of rotatable bonds is 1. The fourth-order valence-electron chi connectivity index (χ4n) is 1.54. The van der Waals surface area contributed by atoms with E-state index in [1.165, 1.54) is 11.3 Å². The largest absolute Gasteiger partial charge is 0.296 e. The first-order valence-electron chi connectivity index (χ1n) is 4.33. The number of nitrogens with one attached hydrogen (secondary N) is 1. The molecule has 0 aromatic carbocycles. The Morgan fingerprint density at radius 2 is 2.00 bits per heavy atom. The summed E-state index contributed by atoms with van der Waals surface area (Å²) < 4.78 is 1.48. The highest BCUT2D eigenvalue weighted by Crippen LogP contribution is 2.38. The first-order valence-corrected chi connectivity index (χ1v) is 6.32. The molecule has 1 saturated heterocycles. The summed E-state index contributed by atoms with van der Waals surface area (Å²) in [7, 11) is 0. The highest BCUT2D eigenvalue weighted by molar-refractivity contribution is 9.10. The monoisotopic (exact) mass is 307 g/mol. The number of imide groups is 1. The van der Waals surface area contributed by atoms with Crippen LogP contribution in [-0.4, -0.2) is 11.8 Å². The van der Waals surface area contributed by atoms with E-state index in [0.717, 1.165) is 9.35 Å². The molecule has 0 bridgehead atoms. The fourth-order valence-corrected chi connectivity index (χ4v) is 3.38. The molecular formula is C9H7BrClNO2S. The van der Waals surface area contributed by atoms with E-state index in [2.05, 4.69) is 21.2 Å². The highest BCUT2D eigenvalue weighted by Gasteiger charge is 2.27. The maximum atomic E-state index is 11.2. The van der Waals surface area contributed by atoms with E-state index >= 15 is 0 Å². The molecule has 1 aliphatic rings. The van der Waals surface area contributed by atoms with Crippen molar-refractivity contribution < 1.29 is 9.59 Å². The van der Waals surface area contributed by atoms with Crippen molar-refractivity contribution in [3.8, 4) is 0 Å². The third kappa shape index (κ3) is 2.41. The summed E-state index contributed by atoms with van der Waals surface area (Å²) in [6, 6.07) is 1.88. The van der Waals surface area contributed by atoms with Crippen LogP contribution >= 0.6 is 38.9 Å². The van der Waals surface area contributed by atoms with Crippen LogP contribution in [0.2, 0.25) is 4.34 Å². The van der Waals surface area contributed by atoms with Gasteiger partial charge >= 0.3 is 0 Å². The molecule has 0 spiro atoms. The van der Waals surface area contributed by atoms with Gasteiger partial charge in [0.2, 0.25) is 11.8 Å². The van der Waals surface area contributed by atoms with Gasteiger partial charge in [-0.15, -0.1) is 11.3 Å². The van der Waals surface area contributed by atoms with Gasteiger partial charge in [-0.1, -0.05) is 11.6 Å². The van der Waals surface area contributed by atoms with Crippen molar-refractivity contribution in [2.75, 3.05) is 0 Å². The summed E-state index contributed by atoms with van der Waals surface area (Å²) in [6.07, 6.45) is 0.712. The number of carbonyl (C=O) groups excluding carboxylic acids is 2. The summed E-state index contributed by atoms with van der Waals surface area (Å²) in [4.78, 5) is 23.3. The lowest BCUT2D eigenvalue weighted by Gasteiger charge is -2.19. The lowest BCUT2D eigenvalue weighted by Crippen LogP contribution is -2.37. The molecule has 1 aromatic rings. The zero-order valence-electron chi connectivity index (χ0n) is 7.55. The van der Waals surface area contributed by atoms with Gasteiger partial charge in [0.1, 0.15) is 4.34 Å². The van der Waals surface area contributed by atoms with Gasteiger partial charge in [-0.25, -0.2) is 0 Å². The average Bonchev–Trinajstić information content (AvgIpc) is 2.45. The highest BCUT2D eigenvalue weighted by atomic mass is 79.9. The number of hydrogen-bond acceptors (Lipinski definition) is 3. The van der Waals surface area contributed by atoms with Crippen molar-refractivity contribution in [3.63, 3.8) is 0 Å². The third-order valence-corrected chi connectivity index (χ3v) is 4.85. The number of hydrogen-bond donors (Lipinski definition) is 1. The summed E-state index contributed by atoms with van der Waals surface area (Å²) in [6.45, 7) is 0. The average molecular weight is 309 g/mol. The van der Waals surface area contributed by atoms with Gasteiger partial charge < -0.3 is 0 Å². The number of amides is 2. The predicted octanol–water partition coefficient (Wildman–Crippen LogP) is 2.68. The molecule has 15 heavy (non-hydrogen) atoms. The van der Waals surface area contributed by atoms with E-state index in [4.69, 9.17) is 11.6 Å². The van der Waals surface area contributed by atoms with Gasteiger partial charge in [-0.3, -0.25) is 14.9 Å². The molecule has 80 valence electrons. The van der Waals surface area contributed by atoms with Gasteiger partial charge in [0.15, 0.2) is 0 Å². The van der Waals surface area contributed by atoms with E-state index in [1.54, 1.807) is 0 Å². The number of piperidine rings is 1. The maximum absolute atomic E-state index is 11.2. The molecule has 1 N–H and O–H groups in total. The van der Waals surface area contributed by atoms with Crippen LogP contribution in [0.1, 0.15) is 23.6 Å². The second kappa shape index (κ2) is 4.23. The van der Waals surface area contributed by atoms with E-state index in [0.29, 0.717) is 17.2 Å². The van der Waals surface area contributed by atoms with Crippen molar-refractivity contribution >= 4 is 50.7 Å². The van der Waals surface area contributed by atoms with Crippen LogP contribution in [0.3, 0.4) is 0 Å². The molecule has 3 nitrogen and oxygen atoms in total. The summed E-state index contributed by atoms with van der Waals surface area (Å²) >= 11 is 10.6. The van der Waals surface area contributed by atoms with Gasteiger partial charge in [-0.05, 0) is 22.0 Å². The molecule has 2 amide bonds. The Balaban J connectivity index is 2.23. The molecule has 2 rings (SSSR count). The van der Waals surface area contributed by atoms with Crippen LogP contribution in [0.15, 0.2) is 10.5 Å². The second-order valence-corrected chi connectivity index (χ2v) is 5.89. The minimum Gasteiger partial charge on any atom is -0.296 e. The van der Waals surface area contributed by atoms with Crippen molar-refractivity contribution in [3.05, 3.63) is 19.8 Å². The quantitative estimate of drug-likeness (QED) is 0.811. The Bertz CT molecular complexity index is 396. The van der Waals surface area contributed by atoms with Crippen LogP contribution in [-0.2, 0) is 9.59 Å². The summed E-state index contributed by atoms with van der Waals surface area (Å²) in [5.41, 5.74) is 0. The van der Waals surface area contributed by atoms with Crippen LogP contribution in [0, 0.1) is 0 Å². The maximum Gasteiger partial charge on any atom is 0.227 e. The molecule has 6 heteroatoms. The molecule has 0 radical (unpaired) electrons. The Hall–Kier alpha value is -0.390.